The van der Waals surface area contributed by atoms with E-state index in [1.807, 2.05) is 12.1 Å². The van der Waals surface area contributed by atoms with Crippen molar-refractivity contribution in [1.82, 2.24) is 4.98 Å². The molecule has 0 saturated heterocycles. The first kappa shape index (κ1) is 15.9. The number of hydrogen-bond acceptors (Lipinski definition) is 1. The van der Waals surface area contributed by atoms with Crippen molar-refractivity contribution in [1.29, 1.82) is 0 Å². The van der Waals surface area contributed by atoms with E-state index in [9.17, 15) is 4.79 Å². The molecule has 0 bridgehead atoms. The first-order chi connectivity index (χ1) is 11.5. The molecule has 2 N–H and O–H groups in total. The van der Waals surface area contributed by atoms with Gasteiger partial charge in [-0.3, -0.25) is 4.79 Å². The van der Waals surface area contributed by atoms with Crippen LogP contribution in [0.15, 0.2) is 18.2 Å². The van der Waals surface area contributed by atoms with Gasteiger partial charge >= 0.3 is 0 Å². The molecule has 0 fully saturated rings. The fourth-order valence-corrected chi connectivity index (χ4v) is 4.45. The number of aryl methyl sites for hydroxylation is 1. The van der Waals surface area contributed by atoms with Crippen LogP contribution in [0.25, 0.3) is 11.6 Å². The molecule has 0 radical (unpaired) electrons. The molecule has 24 heavy (non-hydrogen) atoms. The Morgan fingerprint density at radius 2 is 2.00 bits per heavy atom. The molecular formula is C20H21IN2O. The average Bonchev–Trinajstić information content (AvgIpc) is 3.06. The minimum Gasteiger partial charge on any atom is -0.358 e. The van der Waals surface area contributed by atoms with Crippen molar-refractivity contribution in [3.05, 3.63) is 49.8 Å². The second-order valence-electron chi connectivity index (χ2n) is 6.97. The van der Waals surface area contributed by atoms with Crippen LogP contribution in [0.2, 0.25) is 0 Å². The lowest BCUT2D eigenvalue weighted by molar-refractivity contribution is -0.110. The van der Waals surface area contributed by atoms with E-state index in [1.165, 1.54) is 29.7 Å². The van der Waals surface area contributed by atoms with Gasteiger partial charge in [-0.25, -0.2) is 0 Å². The summed E-state index contributed by atoms with van der Waals surface area (Å²) in [7, 11) is 0. The molecule has 1 aromatic carbocycles. The fraction of sp³-hybridized carbons (Fsp3) is 0.350. The highest BCUT2D eigenvalue weighted by Gasteiger charge is 2.26. The molecule has 0 saturated carbocycles. The van der Waals surface area contributed by atoms with Gasteiger partial charge in [0.05, 0.1) is 5.57 Å². The normalized spacial score (nSPS) is 18.0. The Hall–Kier alpha value is -1.56. The number of halogens is 1. The summed E-state index contributed by atoms with van der Waals surface area (Å²) in [5.74, 6) is 0.448. The van der Waals surface area contributed by atoms with Gasteiger partial charge < -0.3 is 10.3 Å². The fourth-order valence-electron chi connectivity index (χ4n) is 3.95. The summed E-state index contributed by atoms with van der Waals surface area (Å²) in [5, 5.41) is 2.98. The van der Waals surface area contributed by atoms with E-state index in [4.69, 9.17) is 0 Å². The molecule has 1 aliphatic heterocycles. The number of carbonyl (C=O) groups excluding carboxylic acids is 1. The first-order valence-electron chi connectivity index (χ1n) is 8.61. The van der Waals surface area contributed by atoms with Crippen LogP contribution in [0.5, 0.6) is 0 Å². The standard InChI is InChI=1S/C20H21IN2O/c1-11(2)19-13-5-3-4-6-16(13)22-18(19)10-15-14-9-12(21)7-8-17(14)23-20(15)24/h7-11,22H,3-6H2,1-2H3,(H,23,24). The van der Waals surface area contributed by atoms with Crippen molar-refractivity contribution in [3.63, 3.8) is 0 Å². The Balaban J connectivity index is 1.86. The van der Waals surface area contributed by atoms with Gasteiger partial charge in [0.2, 0.25) is 0 Å². The summed E-state index contributed by atoms with van der Waals surface area (Å²) in [6.07, 6.45) is 6.86. The second kappa shape index (κ2) is 6.06. The Bertz CT molecular complexity index is 861. The number of fused-ring (bicyclic) bond motifs is 2. The number of amides is 1. The summed E-state index contributed by atoms with van der Waals surface area (Å²) in [6, 6.07) is 6.09. The molecule has 4 rings (SSSR count). The van der Waals surface area contributed by atoms with Crippen molar-refractivity contribution in [3.8, 4) is 0 Å². The third-order valence-corrected chi connectivity index (χ3v) is 5.67. The lowest BCUT2D eigenvalue weighted by Gasteiger charge is -2.14. The predicted octanol–water partition coefficient (Wildman–Crippen LogP) is 5.11. The minimum absolute atomic E-state index is 0.00530. The summed E-state index contributed by atoms with van der Waals surface area (Å²) in [5.41, 5.74) is 8.06. The van der Waals surface area contributed by atoms with E-state index in [1.54, 1.807) is 0 Å². The van der Waals surface area contributed by atoms with Gasteiger partial charge in [-0.15, -0.1) is 0 Å². The smallest absolute Gasteiger partial charge is 0.256 e. The maximum absolute atomic E-state index is 12.5. The molecule has 0 spiro atoms. The van der Waals surface area contributed by atoms with Gasteiger partial charge in [-0.05, 0) is 89.6 Å². The SMILES string of the molecule is CC(C)c1c(C=C2C(=O)Nc3ccc(I)cc32)[nH]c2c1CCCC2. The third kappa shape index (κ3) is 2.61. The molecule has 0 atom stereocenters. The molecule has 2 aromatic rings. The van der Waals surface area contributed by atoms with E-state index in [-0.39, 0.29) is 5.91 Å². The highest BCUT2D eigenvalue weighted by atomic mass is 127. The second-order valence-corrected chi connectivity index (χ2v) is 8.22. The number of rotatable bonds is 2. The Morgan fingerprint density at radius 1 is 1.21 bits per heavy atom. The molecule has 124 valence electrons. The zero-order valence-electron chi connectivity index (χ0n) is 14.0. The molecule has 0 unspecified atom stereocenters. The van der Waals surface area contributed by atoms with Crippen LogP contribution in [0.1, 0.15) is 60.7 Å². The van der Waals surface area contributed by atoms with Crippen molar-refractivity contribution < 1.29 is 4.79 Å². The van der Waals surface area contributed by atoms with Gasteiger partial charge in [0.15, 0.2) is 0 Å². The van der Waals surface area contributed by atoms with Crippen LogP contribution in [-0.2, 0) is 17.6 Å². The summed E-state index contributed by atoms with van der Waals surface area (Å²) in [4.78, 5) is 16.1. The molecular weight excluding hydrogens is 411 g/mol. The van der Waals surface area contributed by atoms with Gasteiger partial charge in [0.25, 0.3) is 5.91 Å². The number of H-pyrrole nitrogens is 1. The first-order valence-corrected chi connectivity index (χ1v) is 9.69. The summed E-state index contributed by atoms with van der Waals surface area (Å²) >= 11 is 2.29. The van der Waals surface area contributed by atoms with Crippen molar-refractivity contribution in [2.24, 2.45) is 0 Å². The topological polar surface area (TPSA) is 44.9 Å². The van der Waals surface area contributed by atoms with E-state index in [0.717, 1.165) is 38.9 Å². The Kier molecular flexibility index (Phi) is 4.03. The van der Waals surface area contributed by atoms with Crippen LogP contribution < -0.4 is 5.32 Å². The lowest BCUT2D eigenvalue weighted by atomic mass is 9.89. The van der Waals surface area contributed by atoms with E-state index in [0.29, 0.717) is 5.92 Å². The Labute approximate surface area is 156 Å². The number of hydrogen-bond donors (Lipinski definition) is 2. The minimum atomic E-state index is -0.00530. The third-order valence-electron chi connectivity index (χ3n) is 5.00. The average molecular weight is 432 g/mol. The molecule has 2 heterocycles. The van der Waals surface area contributed by atoms with Crippen LogP contribution >= 0.6 is 22.6 Å². The van der Waals surface area contributed by atoms with Crippen molar-refractivity contribution in [2.45, 2.75) is 45.4 Å². The number of nitrogens with one attached hydrogen (secondary N) is 2. The molecule has 2 aliphatic rings. The Morgan fingerprint density at radius 3 is 2.79 bits per heavy atom. The van der Waals surface area contributed by atoms with Crippen LogP contribution in [0.3, 0.4) is 0 Å². The highest BCUT2D eigenvalue weighted by molar-refractivity contribution is 14.1. The highest BCUT2D eigenvalue weighted by Crippen LogP contribution is 2.37. The number of anilines is 1. The number of aromatic nitrogens is 1. The van der Waals surface area contributed by atoms with Gasteiger partial charge in [0, 0.05) is 26.2 Å². The number of aromatic amines is 1. The maximum Gasteiger partial charge on any atom is 0.256 e. The number of benzene rings is 1. The maximum atomic E-state index is 12.5. The summed E-state index contributed by atoms with van der Waals surface area (Å²) < 4.78 is 1.14. The van der Waals surface area contributed by atoms with Crippen molar-refractivity contribution >= 4 is 45.8 Å². The lowest BCUT2D eigenvalue weighted by Crippen LogP contribution is -2.04. The summed E-state index contributed by atoms with van der Waals surface area (Å²) in [6.45, 7) is 4.48. The molecule has 1 amide bonds. The number of carbonyl (C=O) groups is 1. The van der Waals surface area contributed by atoms with E-state index >= 15 is 0 Å². The predicted molar refractivity (Wildman–Crippen MR) is 107 cm³/mol. The van der Waals surface area contributed by atoms with Gasteiger partial charge in [0.1, 0.15) is 0 Å². The van der Waals surface area contributed by atoms with Gasteiger partial charge in [-0.1, -0.05) is 13.8 Å². The largest absolute Gasteiger partial charge is 0.358 e. The van der Waals surface area contributed by atoms with Crippen molar-refractivity contribution in [2.75, 3.05) is 5.32 Å². The quantitative estimate of drug-likeness (QED) is 0.503. The van der Waals surface area contributed by atoms with E-state index in [2.05, 4.69) is 58.9 Å². The zero-order chi connectivity index (χ0) is 16.8. The molecule has 1 aromatic heterocycles. The molecule has 3 nitrogen and oxygen atoms in total. The van der Waals surface area contributed by atoms with E-state index < -0.39 is 0 Å². The van der Waals surface area contributed by atoms with Crippen LogP contribution in [0, 0.1) is 3.57 Å². The van der Waals surface area contributed by atoms with Gasteiger partial charge in [-0.2, -0.15) is 0 Å². The molecule has 4 heteroatoms. The van der Waals surface area contributed by atoms with Crippen LogP contribution in [0.4, 0.5) is 5.69 Å². The zero-order valence-corrected chi connectivity index (χ0v) is 16.2. The van der Waals surface area contributed by atoms with Crippen LogP contribution in [-0.4, -0.2) is 10.9 Å². The molecule has 1 aliphatic carbocycles. The monoisotopic (exact) mass is 432 g/mol.